The molecule has 10 nitrogen and oxygen atoms in total. The topological polar surface area (TPSA) is 142 Å². The Morgan fingerprint density at radius 2 is 1.76 bits per heavy atom. The quantitative estimate of drug-likeness (QED) is 0.346. The Morgan fingerprint density at radius 1 is 1.15 bits per heavy atom. The van der Waals surface area contributed by atoms with Gasteiger partial charge in [-0.3, -0.25) is 25.0 Å². The molecular weight excluding hydrogens is 450 g/mol. The Balaban J connectivity index is 2.01. The Hall–Kier alpha value is -3.34. The van der Waals surface area contributed by atoms with Crippen molar-refractivity contribution < 1.29 is 24.2 Å². The fraction of sp³-hybridized carbons (Fsp3) is 0.455. The number of carbonyl (C=O) groups is 2. The number of hydrogen-bond donors (Lipinski definition) is 1. The number of hydrogen-bond acceptors (Lipinski definition) is 8. The molecule has 3 rings (SSSR count). The highest BCUT2D eigenvalue weighted by Crippen LogP contribution is 2.44. The van der Waals surface area contributed by atoms with Crippen molar-refractivity contribution in [2.45, 2.75) is 47.0 Å². The number of ether oxygens (including phenoxy) is 1. The molecule has 1 N–H and O–H groups in total. The second-order valence-electron chi connectivity index (χ2n) is 8.94. The maximum Gasteiger partial charge on any atom is 0.341 e. The van der Waals surface area contributed by atoms with Gasteiger partial charge in [0.2, 0.25) is 0 Å². The number of non-ortho nitro benzene ring substituents is 2. The van der Waals surface area contributed by atoms with E-state index in [0.29, 0.717) is 12.3 Å². The maximum atomic E-state index is 12.9. The highest BCUT2D eigenvalue weighted by atomic mass is 32.1. The third-order valence-corrected chi connectivity index (χ3v) is 6.95. The summed E-state index contributed by atoms with van der Waals surface area (Å²) in [6, 6.07) is 2.72. The lowest BCUT2D eigenvalue weighted by molar-refractivity contribution is -0.394. The van der Waals surface area contributed by atoms with Crippen molar-refractivity contribution >= 4 is 39.6 Å². The van der Waals surface area contributed by atoms with Gasteiger partial charge >= 0.3 is 5.97 Å². The van der Waals surface area contributed by atoms with Gasteiger partial charge in [0.05, 0.1) is 33.6 Å². The molecule has 1 unspecified atom stereocenters. The van der Waals surface area contributed by atoms with Gasteiger partial charge in [-0.1, -0.05) is 20.8 Å². The van der Waals surface area contributed by atoms with Gasteiger partial charge in [-0.2, -0.15) is 0 Å². The highest BCUT2D eigenvalue weighted by molar-refractivity contribution is 7.17. The van der Waals surface area contributed by atoms with Gasteiger partial charge in [0.15, 0.2) is 0 Å². The van der Waals surface area contributed by atoms with Gasteiger partial charge in [0.25, 0.3) is 17.3 Å². The van der Waals surface area contributed by atoms with E-state index in [9.17, 15) is 29.8 Å². The van der Waals surface area contributed by atoms with Gasteiger partial charge in [0, 0.05) is 17.0 Å². The standard InChI is InChI=1S/C22H25N3O7S/c1-5-32-21(27)18-16-7-6-13(22(2,3)4)10-17(16)33-20(18)23-19(26)12-8-14(24(28)29)11-15(9-12)25(30)31/h8-9,11,13H,5-7,10H2,1-4H3,(H,23,26). The Kier molecular flexibility index (Phi) is 6.82. The number of nitrogens with one attached hydrogen (secondary N) is 1. The van der Waals surface area contributed by atoms with E-state index in [-0.39, 0.29) is 28.1 Å². The van der Waals surface area contributed by atoms with Crippen molar-refractivity contribution in [3.05, 3.63) is 60.0 Å². The van der Waals surface area contributed by atoms with Crippen LogP contribution >= 0.6 is 11.3 Å². The normalized spacial score (nSPS) is 15.5. The van der Waals surface area contributed by atoms with Gasteiger partial charge < -0.3 is 10.1 Å². The second kappa shape index (κ2) is 9.26. The summed E-state index contributed by atoms with van der Waals surface area (Å²) in [5.74, 6) is -0.926. The first kappa shape index (κ1) is 24.3. The van der Waals surface area contributed by atoms with Crippen LogP contribution in [-0.4, -0.2) is 28.3 Å². The number of esters is 1. The minimum atomic E-state index is -0.801. The van der Waals surface area contributed by atoms with Crippen LogP contribution in [0.2, 0.25) is 0 Å². The van der Waals surface area contributed by atoms with E-state index in [1.54, 1.807) is 6.92 Å². The Bertz CT molecular complexity index is 1100. The zero-order chi connectivity index (χ0) is 24.5. The van der Waals surface area contributed by atoms with Gasteiger partial charge in [-0.15, -0.1) is 11.3 Å². The summed E-state index contributed by atoms with van der Waals surface area (Å²) in [7, 11) is 0. The SMILES string of the molecule is CCOC(=O)c1c(NC(=O)c2cc([N+](=O)[O-])cc([N+](=O)[O-])c2)sc2c1CCC(C(C)(C)C)C2. The lowest BCUT2D eigenvalue weighted by atomic mass is 9.72. The molecular formula is C22H25N3O7S. The van der Waals surface area contributed by atoms with Crippen LogP contribution in [-0.2, 0) is 17.6 Å². The first-order valence-electron chi connectivity index (χ1n) is 10.5. The molecule has 11 heteroatoms. The molecule has 0 aliphatic heterocycles. The molecule has 1 heterocycles. The third kappa shape index (κ3) is 5.19. The lowest BCUT2D eigenvalue weighted by Crippen LogP contribution is -2.26. The predicted molar refractivity (Wildman–Crippen MR) is 123 cm³/mol. The van der Waals surface area contributed by atoms with Crippen molar-refractivity contribution in [1.29, 1.82) is 0 Å². The number of nitro benzene ring substituents is 2. The average molecular weight is 476 g/mol. The number of amides is 1. The number of nitrogens with zero attached hydrogens (tertiary/aromatic N) is 2. The first-order chi connectivity index (χ1) is 15.4. The smallest absolute Gasteiger partial charge is 0.341 e. The summed E-state index contributed by atoms with van der Waals surface area (Å²) in [6.45, 7) is 8.35. The van der Waals surface area contributed by atoms with Crippen LogP contribution in [0.5, 0.6) is 0 Å². The fourth-order valence-electron chi connectivity index (χ4n) is 3.94. The van der Waals surface area contributed by atoms with E-state index >= 15 is 0 Å². The summed E-state index contributed by atoms with van der Waals surface area (Å²) in [5, 5.41) is 25.2. The molecule has 1 aromatic heterocycles. The number of carbonyl (C=O) groups excluding carboxylic acids is 2. The predicted octanol–water partition coefficient (Wildman–Crippen LogP) is 5.14. The number of thiophene rings is 1. The van der Waals surface area contributed by atoms with Crippen LogP contribution in [0.4, 0.5) is 16.4 Å². The van der Waals surface area contributed by atoms with Crippen LogP contribution < -0.4 is 5.32 Å². The van der Waals surface area contributed by atoms with Crippen LogP contribution in [0.25, 0.3) is 0 Å². The molecule has 0 saturated carbocycles. The molecule has 1 amide bonds. The molecule has 1 aliphatic carbocycles. The van der Waals surface area contributed by atoms with Gasteiger partial charge in [-0.25, -0.2) is 4.79 Å². The minimum Gasteiger partial charge on any atom is -0.462 e. The summed E-state index contributed by atoms with van der Waals surface area (Å²) in [6.07, 6.45) is 2.32. The molecule has 0 bridgehead atoms. The lowest BCUT2D eigenvalue weighted by Gasteiger charge is -2.33. The number of benzene rings is 1. The first-order valence-corrected chi connectivity index (χ1v) is 11.3. The molecule has 2 aromatic rings. The van der Waals surface area contributed by atoms with Crippen molar-refractivity contribution in [3.63, 3.8) is 0 Å². The fourth-order valence-corrected chi connectivity index (χ4v) is 5.26. The van der Waals surface area contributed by atoms with Crippen molar-refractivity contribution in [3.8, 4) is 0 Å². The molecule has 0 fully saturated rings. The highest BCUT2D eigenvalue weighted by Gasteiger charge is 2.34. The van der Waals surface area contributed by atoms with Crippen LogP contribution in [0.1, 0.15) is 65.3 Å². The van der Waals surface area contributed by atoms with Crippen LogP contribution in [0.15, 0.2) is 18.2 Å². The van der Waals surface area contributed by atoms with Gasteiger partial charge in [0.1, 0.15) is 5.00 Å². The number of fused-ring (bicyclic) bond motifs is 1. The Labute approximate surface area is 194 Å². The van der Waals surface area contributed by atoms with Crippen molar-refractivity contribution in [2.24, 2.45) is 11.3 Å². The Morgan fingerprint density at radius 3 is 2.27 bits per heavy atom. The molecule has 1 aliphatic rings. The number of rotatable bonds is 6. The van der Waals surface area contributed by atoms with E-state index in [1.807, 2.05) is 0 Å². The summed E-state index contributed by atoms with van der Waals surface area (Å²) in [5.41, 5.74) is -0.171. The van der Waals surface area contributed by atoms with E-state index in [2.05, 4.69) is 26.1 Å². The molecule has 1 atom stereocenters. The van der Waals surface area contributed by atoms with E-state index < -0.39 is 33.1 Å². The van der Waals surface area contributed by atoms with E-state index in [4.69, 9.17) is 4.74 Å². The van der Waals surface area contributed by atoms with Gasteiger partial charge in [-0.05, 0) is 43.1 Å². The molecule has 33 heavy (non-hydrogen) atoms. The van der Waals surface area contributed by atoms with Crippen molar-refractivity contribution in [2.75, 3.05) is 11.9 Å². The summed E-state index contributed by atoms with van der Waals surface area (Å²) >= 11 is 1.28. The molecule has 176 valence electrons. The summed E-state index contributed by atoms with van der Waals surface area (Å²) in [4.78, 5) is 47.4. The second-order valence-corrected chi connectivity index (χ2v) is 10.0. The van der Waals surface area contributed by atoms with E-state index in [1.165, 1.54) is 11.3 Å². The molecule has 1 aromatic carbocycles. The average Bonchev–Trinajstić information content (AvgIpc) is 3.09. The maximum absolute atomic E-state index is 12.9. The van der Waals surface area contributed by atoms with Crippen LogP contribution in [0, 0.1) is 31.6 Å². The monoisotopic (exact) mass is 475 g/mol. The third-order valence-electron chi connectivity index (χ3n) is 5.78. The minimum absolute atomic E-state index is 0.0804. The van der Waals surface area contributed by atoms with E-state index in [0.717, 1.165) is 41.5 Å². The molecule has 0 saturated heterocycles. The summed E-state index contributed by atoms with van der Waals surface area (Å²) < 4.78 is 5.21. The molecule has 0 radical (unpaired) electrons. The van der Waals surface area contributed by atoms with Crippen LogP contribution in [0.3, 0.4) is 0 Å². The largest absolute Gasteiger partial charge is 0.462 e. The number of anilines is 1. The zero-order valence-corrected chi connectivity index (χ0v) is 19.6. The molecule has 0 spiro atoms. The van der Waals surface area contributed by atoms with Crippen molar-refractivity contribution in [1.82, 2.24) is 0 Å². The number of nitro groups is 2. The zero-order valence-electron chi connectivity index (χ0n) is 18.8.